The monoisotopic (exact) mass is 402 g/mol. The van der Waals surface area contributed by atoms with E-state index in [0.717, 1.165) is 0 Å². The van der Waals surface area contributed by atoms with Gasteiger partial charge in [-0.25, -0.2) is 0 Å². The lowest BCUT2D eigenvalue weighted by Gasteiger charge is -2.31. The van der Waals surface area contributed by atoms with Crippen molar-refractivity contribution in [3.63, 3.8) is 0 Å². The number of rotatable bonds is 7. The molecule has 9 heteroatoms. The van der Waals surface area contributed by atoms with Crippen molar-refractivity contribution in [2.45, 2.75) is 51.7 Å². The maximum Gasteiger partial charge on any atom is 0.257 e. The molecule has 1 heterocycles. The Morgan fingerprint density at radius 1 is 1.24 bits per heavy atom. The Morgan fingerprint density at radius 3 is 2.52 bits per heavy atom. The maximum atomic E-state index is 13.2. The van der Waals surface area contributed by atoms with E-state index in [4.69, 9.17) is 0 Å². The Kier molecular flexibility index (Phi) is 7.08. The molecule has 156 valence electrons. The van der Waals surface area contributed by atoms with Crippen molar-refractivity contribution < 1.29 is 24.0 Å². The summed E-state index contributed by atoms with van der Waals surface area (Å²) in [6.45, 7) is 5.31. The van der Waals surface area contributed by atoms with Crippen molar-refractivity contribution in [1.29, 1.82) is 0 Å². The molecule has 1 aromatic carbocycles. The Bertz CT molecular complexity index is 836. The summed E-state index contributed by atoms with van der Waals surface area (Å²) in [5.41, 5.74) is 0.514. The van der Waals surface area contributed by atoms with Gasteiger partial charge in [0.05, 0.1) is 5.56 Å². The van der Waals surface area contributed by atoms with Crippen LogP contribution in [0.25, 0.3) is 0 Å². The Morgan fingerprint density at radius 2 is 1.93 bits per heavy atom. The van der Waals surface area contributed by atoms with Gasteiger partial charge in [0.25, 0.3) is 5.91 Å². The second kappa shape index (κ2) is 9.31. The second-order valence-electron chi connectivity index (χ2n) is 7.30. The summed E-state index contributed by atoms with van der Waals surface area (Å²) in [4.78, 5) is 61.7. The average molecular weight is 402 g/mol. The third-order valence-corrected chi connectivity index (χ3v) is 4.63. The Labute approximate surface area is 169 Å². The van der Waals surface area contributed by atoms with Gasteiger partial charge < -0.3 is 15.5 Å². The molecule has 0 radical (unpaired) electrons. The number of hydrogen-bond donors (Lipinski definition) is 3. The van der Waals surface area contributed by atoms with Crippen LogP contribution in [0.5, 0.6) is 0 Å². The van der Waals surface area contributed by atoms with Crippen molar-refractivity contribution >= 4 is 35.6 Å². The summed E-state index contributed by atoms with van der Waals surface area (Å²) >= 11 is 0. The van der Waals surface area contributed by atoms with E-state index in [1.165, 1.54) is 18.0 Å². The first kappa shape index (κ1) is 22.1. The standard InChI is InChI=1S/C20H26N4O5/c1-11(2)21-18(27)12(3)22-14-7-5-6-13(10-25)17(14)20(29)24(4)15-8-9-16(26)23-19(15)28/h5-7,10-12,15,22H,8-9H2,1-4H3,(H,21,27)(H,23,26,28). The fourth-order valence-electron chi connectivity index (χ4n) is 3.11. The number of carbonyl (C=O) groups is 5. The minimum Gasteiger partial charge on any atom is -0.373 e. The van der Waals surface area contributed by atoms with E-state index >= 15 is 0 Å². The van der Waals surface area contributed by atoms with Crippen LogP contribution in [0.1, 0.15) is 54.3 Å². The number of likely N-dealkylation sites (N-methyl/N-ethyl adjacent to an activating group) is 1. The van der Waals surface area contributed by atoms with Crippen molar-refractivity contribution in [2.24, 2.45) is 0 Å². The number of nitrogens with one attached hydrogen (secondary N) is 3. The molecule has 0 aromatic heterocycles. The Balaban J connectivity index is 2.32. The molecule has 1 aromatic rings. The number of nitrogens with zero attached hydrogens (tertiary/aromatic N) is 1. The SMILES string of the molecule is CC(C)NC(=O)C(C)Nc1cccc(C=O)c1C(=O)N(C)C1CCC(=O)NC1=O. The highest BCUT2D eigenvalue weighted by atomic mass is 16.2. The van der Waals surface area contributed by atoms with Crippen LogP contribution in [0.3, 0.4) is 0 Å². The van der Waals surface area contributed by atoms with Gasteiger partial charge in [-0.15, -0.1) is 0 Å². The van der Waals surface area contributed by atoms with Gasteiger partial charge in [0, 0.05) is 30.8 Å². The van der Waals surface area contributed by atoms with Gasteiger partial charge in [0.1, 0.15) is 12.1 Å². The minimum atomic E-state index is -0.825. The predicted molar refractivity (Wildman–Crippen MR) is 106 cm³/mol. The lowest BCUT2D eigenvalue weighted by Crippen LogP contribution is -2.53. The Hall–Kier alpha value is -3.23. The number of piperidine rings is 1. The van der Waals surface area contributed by atoms with Gasteiger partial charge in [-0.2, -0.15) is 0 Å². The van der Waals surface area contributed by atoms with Crippen LogP contribution in [-0.4, -0.2) is 60.0 Å². The predicted octanol–water partition coefficient (Wildman–Crippen LogP) is 0.701. The third-order valence-electron chi connectivity index (χ3n) is 4.63. The smallest absolute Gasteiger partial charge is 0.257 e. The van der Waals surface area contributed by atoms with Crippen LogP contribution in [0.15, 0.2) is 18.2 Å². The van der Waals surface area contributed by atoms with E-state index in [1.54, 1.807) is 19.1 Å². The van der Waals surface area contributed by atoms with Crippen LogP contribution in [0, 0.1) is 0 Å². The topological polar surface area (TPSA) is 125 Å². The van der Waals surface area contributed by atoms with E-state index in [2.05, 4.69) is 16.0 Å². The second-order valence-corrected chi connectivity index (χ2v) is 7.30. The van der Waals surface area contributed by atoms with E-state index in [0.29, 0.717) is 12.0 Å². The van der Waals surface area contributed by atoms with Gasteiger partial charge in [0.2, 0.25) is 17.7 Å². The number of carbonyl (C=O) groups excluding carboxylic acids is 5. The van der Waals surface area contributed by atoms with Crippen molar-refractivity contribution in [1.82, 2.24) is 15.5 Å². The lowest BCUT2D eigenvalue weighted by molar-refractivity contribution is -0.136. The van der Waals surface area contributed by atoms with Crippen LogP contribution < -0.4 is 16.0 Å². The third kappa shape index (κ3) is 5.18. The summed E-state index contributed by atoms with van der Waals surface area (Å²) in [7, 11) is 1.45. The zero-order valence-electron chi connectivity index (χ0n) is 16.9. The van der Waals surface area contributed by atoms with Crippen LogP contribution in [0.4, 0.5) is 5.69 Å². The number of benzene rings is 1. The summed E-state index contributed by atoms with van der Waals surface area (Å²) in [5, 5.41) is 7.96. The molecular weight excluding hydrogens is 376 g/mol. The fraction of sp³-hybridized carbons (Fsp3) is 0.450. The van der Waals surface area contributed by atoms with Gasteiger partial charge in [0.15, 0.2) is 6.29 Å². The van der Waals surface area contributed by atoms with Crippen molar-refractivity contribution in [3.05, 3.63) is 29.3 Å². The zero-order valence-corrected chi connectivity index (χ0v) is 16.9. The summed E-state index contributed by atoms with van der Waals surface area (Å²) < 4.78 is 0. The summed E-state index contributed by atoms with van der Waals surface area (Å²) in [6, 6.07) is 3.15. The van der Waals surface area contributed by atoms with Crippen LogP contribution in [0.2, 0.25) is 0 Å². The first-order valence-electron chi connectivity index (χ1n) is 9.41. The number of aldehydes is 1. The first-order valence-corrected chi connectivity index (χ1v) is 9.41. The van der Waals surface area contributed by atoms with Crippen LogP contribution >= 0.6 is 0 Å². The first-order chi connectivity index (χ1) is 13.6. The summed E-state index contributed by atoms with van der Waals surface area (Å²) in [5.74, 6) is -1.75. The molecule has 1 aliphatic rings. The van der Waals surface area contributed by atoms with E-state index in [1.807, 2.05) is 13.8 Å². The average Bonchev–Trinajstić information content (AvgIpc) is 2.66. The molecule has 0 bridgehead atoms. The zero-order chi connectivity index (χ0) is 21.7. The van der Waals surface area contributed by atoms with Crippen molar-refractivity contribution in [3.8, 4) is 0 Å². The number of hydrogen-bond acceptors (Lipinski definition) is 6. The van der Waals surface area contributed by atoms with Crippen LogP contribution in [-0.2, 0) is 14.4 Å². The van der Waals surface area contributed by atoms with Gasteiger partial charge in [-0.05, 0) is 33.3 Å². The van der Waals surface area contributed by atoms with Gasteiger partial charge >= 0.3 is 0 Å². The minimum absolute atomic E-state index is 0.0483. The maximum absolute atomic E-state index is 13.2. The normalized spacial score (nSPS) is 17.3. The number of anilines is 1. The fourth-order valence-corrected chi connectivity index (χ4v) is 3.11. The molecule has 2 rings (SSSR count). The largest absolute Gasteiger partial charge is 0.373 e. The van der Waals surface area contributed by atoms with Gasteiger partial charge in [-0.3, -0.25) is 29.3 Å². The highest BCUT2D eigenvalue weighted by Gasteiger charge is 2.34. The molecule has 1 saturated heterocycles. The molecule has 9 nitrogen and oxygen atoms in total. The summed E-state index contributed by atoms with van der Waals surface area (Å²) in [6.07, 6.45) is 0.878. The number of amides is 4. The highest BCUT2D eigenvalue weighted by molar-refractivity contribution is 6.09. The molecular formula is C20H26N4O5. The molecule has 0 aliphatic carbocycles. The molecule has 3 N–H and O–H groups in total. The molecule has 2 unspecified atom stereocenters. The molecule has 29 heavy (non-hydrogen) atoms. The number of imide groups is 1. The highest BCUT2D eigenvalue weighted by Crippen LogP contribution is 2.24. The molecule has 0 saturated carbocycles. The lowest BCUT2D eigenvalue weighted by atomic mass is 10.0. The van der Waals surface area contributed by atoms with E-state index < -0.39 is 23.9 Å². The molecule has 0 spiro atoms. The molecule has 2 atom stereocenters. The van der Waals surface area contributed by atoms with E-state index in [-0.39, 0.29) is 41.8 Å². The molecule has 1 fully saturated rings. The van der Waals surface area contributed by atoms with Gasteiger partial charge in [-0.1, -0.05) is 12.1 Å². The quantitative estimate of drug-likeness (QED) is 0.456. The molecule has 4 amide bonds. The van der Waals surface area contributed by atoms with E-state index in [9.17, 15) is 24.0 Å². The van der Waals surface area contributed by atoms with Crippen molar-refractivity contribution in [2.75, 3.05) is 12.4 Å². The molecule has 1 aliphatic heterocycles.